The van der Waals surface area contributed by atoms with E-state index in [1.165, 1.54) is 10.9 Å². The van der Waals surface area contributed by atoms with E-state index in [1.54, 1.807) is 18.3 Å². The molecule has 1 aromatic carbocycles. The average Bonchev–Trinajstić information content (AvgIpc) is 2.57. The van der Waals surface area contributed by atoms with Crippen molar-refractivity contribution in [2.75, 3.05) is 5.43 Å². The van der Waals surface area contributed by atoms with E-state index < -0.39 is 5.69 Å². The monoisotopic (exact) mass is 328 g/mol. The molecule has 2 N–H and O–H groups in total. The van der Waals surface area contributed by atoms with Gasteiger partial charge in [-0.2, -0.15) is 4.98 Å². The summed E-state index contributed by atoms with van der Waals surface area (Å²) in [7, 11) is 0. The van der Waals surface area contributed by atoms with Gasteiger partial charge in [0.05, 0.1) is 5.02 Å². The lowest BCUT2D eigenvalue weighted by molar-refractivity contribution is 0.763. The van der Waals surface area contributed by atoms with Crippen LogP contribution in [0.4, 0.5) is 5.95 Å². The lowest BCUT2D eigenvalue weighted by Crippen LogP contribution is -2.28. The fraction of sp³-hybridized carbons (Fsp3) is 0.0667. The standard InChI is InChI=1S/C15H13ClN6O/c16-12-7-4-8-17-13(12)22-10-18-14(20-15(22)23)21-19-9-11-5-2-1-3-6-11/h1-8,10,19H,9H2,(H,20,21,23). The van der Waals surface area contributed by atoms with Gasteiger partial charge in [0.15, 0.2) is 5.82 Å². The Morgan fingerprint density at radius 2 is 1.91 bits per heavy atom. The summed E-state index contributed by atoms with van der Waals surface area (Å²) in [5.74, 6) is 0.470. The van der Waals surface area contributed by atoms with Crippen LogP contribution in [0.3, 0.4) is 0 Å². The SMILES string of the molecule is O=c1nc(NNCc2ccccc2)ncn1-c1ncccc1Cl. The van der Waals surface area contributed by atoms with Gasteiger partial charge >= 0.3 is 5.69 Å². The molecule has 0 amide bonds. The number of halogens is 1. The molecule has 7 nitrogen and oxygen atoms in total. The summed E-state index contributed by atoms with van der Waals surface area (Å²) in [4.78, 5) is 24.0. The molecule has 0 aliphatic rings. The minimum atomic E-state index is -0.524. The van der Waals surface area contributed by atoms with Crippen LogP contribution < -0.4 is 16.5 Å². The van der Waals surface area contributed by atoms with Gasteiger partial charge in [0.25, 0.3) is 0 Å². The molecule has 2 aromatic heterocycles. The number of pyridine rings is 1. The molecule has 3 rings (SSSR count). The number of hydrazine groups is 1. The second kappa shape index (κ2) is 6.99. The van der Waals surface area contributed by atoms with Crippen molar-refractivity contribution in [1.82, 2.24) is 24.9 Å². The molecule has 0 saturated heterocycles. The van der Waals surface area contributed by atoms with Gasteiger partial charge in [0, 0.05) is 12.7 Å². The van der Waals surface area contributed by atoms with Crippen LogP contribution in [0, 0.1) is 0 Å². The fourth-order valence-corrected chi connectivity index (χ4v) is 2.13. The molecule has 23 heavy (non-hydrogen) atoms. The largest absolute Gasteiger partial charge is 0.357 e. The number of hydrogen-bond donors (Lipinski definition) is 2. The van der Waals surface area contributed by atoms with Gasteiger partial charge in [-0.05, 0) is 17.7 Å². The van der Waals surface area contributed by atoms with Crippen LogP contribution >= 0.6 is 11.6 Å². The minimum Gasteiger partial charge on any atom is -0.289 e. The average molecular weight is 329 g/mol. The van der Waals surface area contributed by atoms with Crippen molar-refractivity contribution >= 4 is 17.5 Å². The number of nitrogens with one attached hydrogen (secondary N) is 2. The zero-order valence-corrected chi connectivity index (χ0v) is 12.7. The number of anilines is 1. The predicted molar refractivity (Wildman–Crippen MR) is 87.3 cm³/mol. The maximum Gasteiger partial charge on any atom is 0.357 e. The van der Waals surface area contributed by atoms with Crippen molar-refractivity contribution in [2.24, 2.45) is 0 Å². The summed E-state index contributed by atoms with van der Waals surface area (Å²) in [6, 6.07) is 13.1. The number of aromatic nitrogens is 4. The van der Waals surface area contributed by atoms with E-state index in [1.807, 2.05) is 30.3 Å². The van der Waals surface area contributed by atoms with Gasteiger partial charge in [-0.15, -0.1) is 0 Å². The Morgan fingerprint density at radius 3 is 2.65 bits per heavy atom. The molecule has 0 aliphatic carbocycles. The van der Waals surface area contributed by atoms with E-state index in [0.29, 0.717) is 17.4 Å². The van der Waals surface area contributed by atoms with Crippen LogP contribution in [0.1, 0.15) is 5.56 Å². The van der Waals surface area contributed by atoms with Crippen LogP contribution in [0.15, 0.2) is 59.8 Å². The Labute approximate surface area is 137 Å². The molecular formula is C15H13ClN6O. The quantitative estimate of drug-likeness (QED) is 0.695. The van der Waals surface area contributed by atoms with Crippen LogP contribution in [0.5, 0.6) is 0 Å². The smallest absolute Gasteiger partial charge is 0.289 e. The highest BCUT2D eigenvalue weighted by atomic mass is 35.5. The highest BCUT2D eigenvalue weighted by Crippen LogP contribution is 2.14. The molecule has 0 fully saturated rings. The Bertz CT molecular complexity index is 852. The number of hydrogen-bond acceptors (Lipinski definition) is 6. The van der Waals surface area contributed by atoms with Gasteiger partial charge in [0.1, 0.15) is 6.33 Å². The summed E-state index contributed by atoms with van der Waals surface area (Å²) < 4.78 is 1.19. The zero-order chi connectivity index (χ0) is 16.1. The number of rotatable bonds is 5. The summed E-state index contributed by atoms with van der Waals surface area (Å²) >= 11 is 6.02. The summed E-state index contributed by atoms with van der Waals surface area (Å²) in [6.45, 7) is 0.569. The Kier molecular flexibility index (Phi) is 4.60. The maximum absolute atomic E-state index is 12.1. The van der Waals surface area contributed by atoms with Crippen LogP contribution in [-0.2, 0) is 6.54 Å². The zero-order valence-electron chi connectivity index (χ0n) is 12.0. The Balaban J connectivity index is 1.70. The molecule has 0 bridgehead atoms. The third-order valence-corrected chi connectivity index (χ3v) is 3.30. The van der Waals surface area contributed by atoms with Crippen LogP contribution in [-0.4, -0.2) is 19.5 Å². The van der Waals surface area contributed by atoms with Crippen molar-refractivity contribution in [1.29, 1.82) is 0 Å². The van der Waals surface area contributed by atoms with Crippen molar-refractivity contribution in [2.45, 2.75) is 6.54 Å². The lowest BCUT2D eigenvalue weighted by atomic mass is 10.2. The van der Waals surface area contributed by atoms with Crippen molar-refractivity contribution in [3.05, 3.63) is 76.1 Å². The molecule has 0 saturated carbocycles. The first-order chi connectivity index (χ1) is 11.2. The van der Waals surface area contributed by atoms with Gasteiger partial charge in [-0.25, -0.2) is 24.8 Å². The van der Waals surface area contributed by atoms with Gasteiger partial charge in [-0.1, -0.05) is 41.9 Å². The number of benzene rings is 1. The summed E-state index contributed by atoms with van der Waals surface area (Å²) in [5.41, 5.74) is 6.31. The topological polar surface area (TPSA) is 84.7 Å². The predicted octanol–water partition coefficient (Wildman–Crippen LogP) is 1.79. The first-order valence-corrected chi connectivity index (χ1v) is 7.21. The molecule has 2 heterocycles. The summed E-state index contributed by atoms with van der Waals surface area (Å²) in [5, 5.41) is 0.348. The van der Waals surface area contributed by atoms with Crippen molar-refractivity contribution < 1.29 is 0 Å². The number of nitrogens with zero attached hydrogens (tertiary/aromatic N) is 4. The Morgan fingerprint density at radius 1 is 1.09 bits per heavy atom. The molecule has 0 aliphatic heterocycles. The molecular weight excluding hydrogens is 316 g/mol. The van der Waals surface area contributed by atoms with Crippen LogP contribution in [0.25, 0.3) is 5.82 Å². The second-order valence-corrected chi connectivity index (χ2v) is 5.01. The fourth-order valence-electron chi connectivity index (χ4n) is 1.92. The van der Waals surface area contributed by atoms with Gasteiger partial charge in [0.2, 0.25) is 5.95 Å². The molecule has 8 heteroatoms. The summed E-state index contributed by atoms with van der Waals surface area (Å²) in [6.07, 6.45) is 2.87. The first kappa shape index (κ1) is 15.1. The van der Waals surface area contributed by atoms with E-state index in [9.17, 15) is 4.79 Å². The lowest BCUT2D eigenvalue weighted by Gasteiger charge is -2.08. The van der Waals surface area contributed by atoms with E-state index >= 15 is 0 Å². The second-order valence-electron chi connectivity index (χ2n) is 4.61. The third kappa shape index (κ3) is 3.71. The minimum absolute atomic E-state index is 0.175. The van der Waals surface area contributed by atoms with E-state index in [0.717, 1.165) is 5.56 Å². The molecule has 0 radical (unpaired) electrons. The van der Waals surface area contributed by atoms with E-state index in [2.05, 4.69) is 25.8 Å². The molecule has 0 spiro atoms. The van der Waals surface area contributed by atoms with Gasteiger partial charge in [-0.3, -0.25) is 5.43 Å². The first-order valence-electron chi connectivity index (χ1n) is 6.83. The molecule has 0 atom stereocenters. The third-order valence-electron chi connectivity index (χ3n) is 3.01. The molecule has 3 aromatic rings. The highest BCUT2D eigenvalue weighted by Gasteiger charge is 2.08. The van der Waals surface area contributed by atoms with E-state index in [4.69, 9.17) is 11.6 Å². The van der Waals surface area contributed by atoms with Crippen molar-refractivity contribution in [3.63, 3.8) is 0 Å². The van der Waals surface area contributed by atoms with Gasteiger partial charge < -0.3 is 0 Å². The molecule has 0 unspecified atom stereocenters. The van der Waals surface area contributed by atoms with Crippen LogP contribution in [0.2, 0.25) is 5.02 Å². The molecule has 116 valence electrons. The maximum atomic E-state index is 12.1. The van der Waals surface area contributed by atoms with Crippen molar-refractivity contribution in [3.8, 4) is 5.82 Å². The normalized spacial score (nSPS) is 10.5. The highest BCUT2D eigenvalue weighted by molar-refractivity contribution is 6.32. The van der Waals surface area contributed by atoms with E-state index in [-0.39, 0.29) is 5.95 Å². The Hall–Kier alpha value is -2.77.